The molecule has 0 aromatic heterocycles. The summed E-state index contributed by atoms with van der Waals surface area (Å²) in [5.41, 5.74) is 0. The van der Waals surface area contributed by atoms with E-state index in [1.54, 1.807) is 0 Å². The first-order valence-electron chi connectivity index (χ1n) is 9.79. The van der Waals surface area contributed by atoms with Gasteiger partial charge < -0.3 is 4.74 Å². The minimum absolute atomic E-state index is 0.0755. The van der Waals surface area contributed by atoms with Gasteiger partial charge in [0.25, 0.3) is 0 Å². The first-order chi connectivity index (χ1) is 10.7. The van der Waals surface area contributed by atoms with E-state index >= 15 is 0 Å². The molecule has 2 heteroatoms. The fourth-order valence-electron chi connectivity index (χ4n) is 3.32. The predicted octanol–water partition coefficient (Wildman–Crippen LogP) is 6.03. The van der Waals surface area contributed by atoms with E-state index in [0.717, 1.165) is 31.6 Å². The lowest BCUT2D eigenvalue weighted by Gasteiger charge is -2.13. The number of hydrogen-bond donors (Lipinski definition) is 0. The van der Waals surface area contributed by atoms with Crippen LogP contribution < -0.4 is 0 Å². The first-order valence-corrected chi connectivity index (χ1v) is 9.21. The van der Waals surface area contributed by atoms with E-state index in [4.69, 9.17) is 1.37 Å². The predicted molar refractivity (Wildman–Crippen MR) is 89.4 cm³/mol. The summed E-state index contributed by atoms with van der Waals surface area (Å²) in [6, 6.07) is 0. The largest absolute Gasteiger partial charge is 0.469 e. The summed E-state index contributed by atoms with van der Waals surface area (Å²) in [7, 11) is 1.46. The number of rotatable bonds is 11. The van der Waals surface area contributed by atoms with Gasteiger partial charge in [0.2, 0.25) is 0 Å². The maximum Gasteiger partial charge on any atom is 0.305 e. The van der Waals surface area contributed by atoms with Crippen molar-refractivity contribution in [3.63, 3.8) is 0 Å². The second kappa shape index (κ2) is 13.2. The molecule has 1 aliphatic carbocycles. The Balaban J connectivity index is 1.84. The molecule has 0 saturated heterocycles. The third-order valence-electron chi connectivity index (χ3n) is 4.74. The van der Waals surface area contributed by atoms with Gasteiger partial charge in [-0.05, 0) is 12.3 Å². The second-order valence-corrected chi connectivity index (χ2v) is 6.62. The van der Waals surface area contributed by atoms with Crippen molar-refractivity contribution < 1.29 is 10.9 Å². The Morgan fingerprint density at radius 2 is 1.62 bits per heavy atom. The standard InChI is InChI=1S/C19H36O2/c1-21-19(20)17-13-7-5-3-2-4-6-10-14-18-15-11-8-9-12-16-18/h18H,2-17H2,1H3/i11D. The van der Waals surface area contributed by atoms with Gasteiger partial charge in [0.15, 0.2) is 0 Å². The Bertz CT molecular complexity index is 281. The number of unbranched alkanes of at least 4 members (excludes halogenated alkanes) is 7. The van der Waals surface area contributed by atoms with Crippen LogP contribution >= 0.6 is 0 Å². The molecule has 1 fully saturated rings. The van der Waals surface area contributed by atoms with Crippen LogP contribution in [-0.2, 0) is 9.53 Å². The van der Waals surface area contributed by atoms with E-state index in [9.17, 15) is 4.79 Å². The summed E-state index contributed by atoms with van der Waals surface area (Å²) >= 11 is 0. The van der Waals surface area contributed by atoms with Crippen molar-refractivity contribution in [1.29, 1.82) is 0 Å². The topological polar surface area (TPSA) is 26.3 Å². The Kier molecular flexibility index (Phi) is 10.5. The highest BCUT2D eigenvalue weighted by Crippen LogP contribution is 2.27. The van der Waals surface area contributed by atoms with E-state index in [1.807, 2.05) is 0 Å². The highest BCUT2D eigenvalue weighted by Gasteiger charge is 2.11. The molecule has 0 aromatic rings. The van der Waals surface area contributed by atoms with Crippen LogP contribution in [0.4, 0.5) is 0 Å². The maximum atomic E-state index is 11.0. The summed E-state index contributed by atoms with van der Waals surface area (Å²) in [6.07, 6.45) is 18.5. The van der Waals surface area contributed by atoms with Crippen molar-refractivity contribution in [1.82, 2.24) is 0 Å². The Morgan fingerprint density at radius 1 is 0.952 bits per heavy atom. The van der Waals surface area contributed by atoms with Crippen molar-refractivity contribution >= 4 is 5.97 Å². The van der Waals surface area contributed by atoms with E-state index in [0.29, 0.717) is 6.42 Å². The van der Waals surface area contributed by atoms with Gasteiger partial charge in [-0.2, -0.15) is 0 Å². The molecule has 0 heterocycles. The van der Waals surface area contributed by atoms with Crippen LogP contribution in [0.3, 0.4) is 0 Å². The molecular formula is C19H36O2. The van der Waals surface area contributed by atoms with E-state index in [1.165, 1.54) is 71.3 Å². The summed E-state index contributed by atoms with van der Waals surface area (Å²) in [5, 5.41) is 0. The summed E-state index contributed by atoms with van der Waals surface area (Å²) < 4.78 is 12.6. The van der Waals surface area contributed by atoms with E-state index in [2.05, 4.69) is 4.74 Å². The number of methoxy groups -OCH3 is 1. The SMILES string of the molecule is [2H]C1CCCCC(CCCCCCCCCCC(=O)OC)C1. The number of esters is 1. The molecule has 0 aliphatic heterocycles. The van der Waals surface area contributed by atoms with Crippen molar-refractivity contribution in [2.45, 2.75) is 103 Å². The summed E-state index contributed by atoms with van der Waals surface area (Å²) in [6.45, 7) is 0. The monoisotopic (exact) mass is 297 g/mol. The number of carbonyl (C=O) groups is 1. The van der Waals surface area contributed by atoms with Crippen LogP contribution in [0.15, 0.2) is 0 Å². The van der Waals surface area contributed by atoms with Crippen molar-refractivity contribution in [2.75, 3.05) is 7.11 Å². The Hall–Kier alpha value is -0.530. The van der Waals surface area contributed by atoms with Gasteiger partial charge in [0.1, 0.15) is 0 Å². The van der Waals surface area contributed by atoms with Gasteiger partial charge >= 0.3 is 5.97 Å². The van der Waals surface area contributed by atoms with Gasteiger partial charge in [0.05, 0.1) is 7.11 Å². The third kappa shape index (κ3) is 10.8. The maximum absolute atomic E-state index is 11.0. The zero-order valence-corrected chi connectivity index (χ0v) is 14.1. The molecule has 0 N–H and O–H groups in total. The molecule has 0 spiro atoms. The lowest BCUT2D eigenvalue weighted by Crippen LogP contribution is -1.99. The highest BCUT2D eigenvalue weighted by atomic mass is 16.5. The van der Waals surface area contributed by atoms with Crippen LogP contribution in [0.2, 0.25) is 0 Å². The molecule has 0 amide bonds. The molecule has 0 bridgehead atoms. The quantitative estimate of drug-likeness (QED) is 0.264. The van der Waals surface area contributed by atoms with Gasteiger partial charge in [-0.15, -0.1) is 0 Å². The molecule has 2 unspecified atom stereocenters. The van der Waals surface area contributed by atoms with Crippen molar-refractivity contribution in [2.24, 2.45) is 5.92 Å². The molecule has 0 aromatic carbocycles. The van der Waals surface area contributed by atoms with Crippen molar-refractivity contribution in [3.05, 3.63) is 0 Å². The average molecular weight is 298 g/mol. The minimum Gasteiger partial charge on any atom is -0.469 e. The summed E-state index contributed by atoms with van der Waals surface area (Å²) in [4.78, 5) is 11.0. The molecule has 1 aliphatic rings. The molecule has 2 nitrogen and oxygen atoms in total. The average Bonchev–Trinajstić information content (AvgIpc) is 2.73. The normalized spacial score (nSPS) is 23.4. The molecule has 2 atom stereocenters. The Morgan fingerprint density at radius 3 is 2.33 bits per heavy atom. The molecule has 0 radical (unpaired) electrons. The molecule has 21 heavy (non-hydrogen) atoms. The second-order valence-electron chi connectivity index (χ2n) is 6.62. The molecule has 1 rings (SSSR count). The Labute approximate surface area is 133 Å². The fourth-order valence-corrected chi connectivity index (χ4v) is 3.32. The zero-order valence-electron chi connectivity index (χ0n) is 15.1. The lowest BCUT2D eigenvalue weighted by atomic mass is 9.93. The number of carbonyl (C=O) groups excluding carboxylic acids is 1. The number of ether oxygens (including phenoxy) is 1. The zero-order chi connectivity index (χ0) is 16.0. The smallest absolute Gasteiger partial charge is 0.305 e. The van der Waals surface area contributed by atoms with Crippen LogP contribution in [0.5, 0.6) is 0 Å². The number of hydrogen-bond acceptors (Lipinski definition) is 2. The highest BCUT2D eigenvalue weighted by molar-refractivity contribution is 5.68. The molecule has 1 saturated carbocycles. The third-order valence-corrected chi connectivity index (χ3v) is 4.74. The van der Waals surface area contributed by atoms with Crippen LogP contribution in [0, 0.1) is 5.92 Å². The molecule has 124 valence electrons. The van der Waals surface area contributed by atoms with Crippen LogP contribution in [0.25, 0.3) is 0 Å². The van der Waals surface area contributed by atoms with Gasteiger partial charge in [-0.3, -0.25) is 4.79 Å². The lowest BCUT2D eigenvalue weighted by molar-refractivity contribution is -0.140. The molecular weight excluding hydrogens is 260 g/mol. The van der Waals surface area contributed by atoms with Gasteiger partial charge in [-0.1, -0.05) is 89.9 Å². The fraction of sp³-hybridized carbons (Fsp3) is 0.947. The summed E-state index contributed by atoms with van der Waals surface area (Å²) in [5.74, 6) is 0.761. The van der Waals surface area contributed by atoms with Gasteiger partial charge in [-0.25, -0.2) is 0 Å². The van der Waals surface area contributed by atoms with Crippen LogP contribution in [0.1, 0.15) is 104 Å². The van der Waals surface area contributed by atoms with Gasteiger partial charge in [0, 0.05) is 7.79 Å². The minimum atomic E-state index is -0.0755. The van der Waals surface area contributed by atoms with Crippen molar-refractivity contribution in [3.8, 4) is 0 Å². The van der Waals surface area contributed by atoms with E-state index in [-0.39, 0.29) is 12.4 Å². The van der Waals surface area contributed by atoms with Crippen LogP contribution in [-0.4, -0.2) is 13.1 Å². The van der Waals surface area contributed by atoms with E-state index < -0.39 is 0 Å². The first kappa shape index (κ1) is 16.8.